The predicted molar refractivity (Wildman–Crippen MR) is 55.1 cm³/mol. The van der Waals surface area contributed by atoms with E-state index in [1.165, 1.54) is 12.1 Å². The molecule has 0 amide bonds. The zero-order valence-corrected chi connectivity index (χ0v) is 7.85. The molecule has 0 atom stereocenters. The number of hydrogen-bond acceptors (Lipinski definition) is 3. The second-order valence-electron chi connectivity index (χ2n) is 2.97. The summed E-state index contributed by atoms with van der Waals surface area (Å²) in [4.78, 5) is 3.83. The van der Waals surface area contributed by atoms with Crippen LogP contribution in [0.4, 0.5) is 10.2 Å². The topological polar surface area (TPSA) is 48.1 Å². The van der Waals surface area contributed by atoms with Gasteiger partial charge in [0.05, 0.1) is 0 Å². The molecule has 2 aromatic rings. The first-order chi connectivity index (χ1) is 7.24. The lowest BCUT2D eigenvalue weighted by Crippen LogP contribution is -1.90. The number of hydrogen-bond donors (Lipinski definition) is 1. The largest absolute Gasteiger partial charge is 0.457 e. The molecule has 1 aromatic carbocycles. The van der Waals surface area contributed by atoms with E-state index in [0.717, 1.165) is 0 Å². The fraction of sp³-hybridized carbons (Fsp3) is 0. The van der Waals surface area contributed by atoms with E-state index in [9.17, 15) is 4.39 Å². The molecule has 4 heteroatoms. The van der Waals surface area contributed by atoms with Crippen molar-refractivity contribution >= 4 is 5.82 Å². The molecule has 0 radical (unpaired) electrons. The Morgan fingerprint density at radius 1 is 1.07 bits per heavy atom. The van der Waals surface area contributed by atoms with Crippen LogP contribution in [-0.2, 0) is 0 Å². The molecule has 0 bridgehead atoms. The van der Waals surface area contributed by atoms with Gasteiger partial charge in [-0.25, -0.2) is 9.37 Å². The van der Waals surface area contributed by atoms with Crippen molar-refractivity contribution in [2.75, 3.05) is 5.73 Å². The van der Waals surface area contributed by atoms with E-state index in [2.05, 4.69) is 4.98 Å². The summed E-state index contributed by atoms with van der Waals surface area (Å²) in [6.45, 7) is 0. The highest BCUT2D eigenvalue weighted by Crippen LogP contribution is 2.21. The third-order valence-corrected chi connectivity index (χ3v) is 1.80. The summed E-state index contributed by atoms with van der Waals surface area (Å²) in [6.07, 6.45) is 1.55. The number of ether oxygens (including phenoxy) is 1. The van der Waals surface area contributed by atoms with Gasteiger partial charge in [0.25, 0.3) is 0 Å². The summed E-state index contributed by atoms with van der Waals surface area (Å²) in [6, 6.07) is 9.04. The molecule has 0 saturated carbocycles. The van der Waals surface area contributed by atoms with Gasteiger partial charge in [-0.1, -0.05) is 0 Å². The number of rotatable bonds is 2. The Labute approximate surface area is 86.3 Å². The number of nitrogen functional groups attached to an aromatic ring is 1. The number of pyridine rings is 1. The van der Waals surface area contributed by atoms with Gasteiger partial charge in [0, 0.05) is 12.3 Å². The van der Waals surface area contributed by atoms with Gasteiger partial charge in [-0.05, 0) is 30.3 Å². The summed E-state index contributed by atoms with van der Waals surface area (Å²) >= 11 is 0. The minimum Gasteiger partial charge on any atom is -0.457 e. The van der Waals surface area contributed by atoms with Crippen molar-refractivity contribution in [2.45, 2.75) is 0 Å². The first kappa shape index (κ1) is 9.45. The molecule has 15 heavy (non-hydrogen) atoms. The average molecular weight is 204 g/mol. The molecule has 0 spiro atoms. The highest BCUT2D eigenvalue weighted by atomic mass is 19.1. The van der Waals surface area contributed by atoms with E-state index in [1.54, 1.807) is 30.5 Å². The van der Waals surface area contributed by atoms with Crippen LogP contribution < -0.4 is 10.5 Å². The molecule has 0 fully saturated rings. The van der Waals surface area contributed by atoms with Gasteiger partial charge >= 0.3 is 0 Å². The van der Waals surface area contributed by atoms with Crippen molar-refractivity contribution in [3.63, 3.8) is 0 Å². The molecule has 2 rings (SSSR count). The minimum atomic E-state index is -0.295. The Morgan fingerprint density at radius 3 is 2.47 bits per heavy atom. The van der Waals surface area contributed by atoms with Crippen LogP contribution in [0.1, 0.15) is 0 Å². The first-order valence-electron chi connectivity index (χ1n) is 4.39. The average Bonchev–Trinajstić information content (AvgIpc) is 2.22. The quantitative estimate of drug-likeness (QED) is 0.817. The monoisotopic (exact) mass is 204 g/mol. The maximum Gasteiger partial charge on any atom is 0.132 e. The first-order valence-corrected chi connectivity index (χ1v) is 4.39. The molecule has 0 aliphatic heterocycles. The van der Waals surface area contributed by atoms with Crippen LogP contribution >= 0.6 is 0 Å². The van der Waals surface area contributed by atoms with Crippen molar-refractivity contribution in [2.24, 2.45) is 0 Å². The third kappa shape index (κ3) is 2.43. The molecule has 3 nitrogen and oxygen atoms in total. The van der Waals surface area contributed by atoms with E-state index in [4.69, 9.17) is 10.5 Å². The molecule has 0 aliphatic rings. The number of nitrogens with two attached hydrogens (primary N) is 1. The van der Waals surface area contributed by atoms with E-state index in [1.807, 2.05) is 0 Å². The van der Waals surface area contributed by atoms with Crippen molar-refractivity contribution in [1.29, 1.82) is 0 Å². The molecule has 2 N–H and O–H groups in total. The lowest BCUT2D eigenvalue weighted by Gasteiger charge is -2.05. The second-order valence-corrected chi connectivity index (χ2v) is 2.97. The Morgan fingerprint density at radius 2 is 1.80 bits per heavy atom. The molecule has 1 aromatic heterocycles. The van der Waals surface area contributed by atoms with Gasteiger partial charge in [-0.2, -0.15) is 0 Å². The van der Waals surface area contributed by atoms with Gasteiger partial charge < -0.3 is 10.5 Å². The van der Waals surface area contributed by atoms with E-state index >= 15 is 0 Å². The highest BCUT2D eigenvalue weighted by Gasteiger charge is 1.98. The molecule has 0 aliphatic carbocycles. The number of benzene rings is 1. The van der Waals surface area contributed by atoms with E-state index in [0.29, 0.717) is 17.3 Å². The van der Waals surface area contributed by atoms with Gasteiger partial charge in [0.2, 0.25) is 0 Å². The number of aromatic nitrogens is 1. The fourth-order valence-corrected chi connectivity index (χ4v) is 1.13. The van der Waals surface area contributed by atoms with Crippen LogP contribution in [0.5, 0.6) is 11.5 Å². The molecular weight excluding hydrogens is 195 g/mol. The highest BCUT2D eigenvalue weighted by molar-refractivity contribution is 5.38. The summed E-state index contributed by atoms with van der Waals surface area (Å²) in [5.74, 6) is 1.22. The molecule has 0 unspecified atom stereocenters. The minimum absolute atomic E-state index is 0.295. The summed E-state index contributed by atoms with van der Waals surface area (Å²) < 4.78 is 18.0. The summed E-state index contributed by atoms with van der Waals surface area (Å²) in [5.41, 5.74) is 5.49. The maximum atomic E-state index is 12.6. The van der Waals surface area contributed by atoms with E-state index in [-0.39, 0.29) is 5.82 Å². The van der Waals surface area contributed by atoms with Crippen LogP contribution in [-0.4, -0.2) is 4.98 Å². The predicted octanol–water partition coefficient (Wildman–Crippen LogP) is 2.60. The standard InChI is InChI=1S/C11H9FN2O/c12-8-1-3-9(4-2-8)15-10-5-6-14-11(13)7-10/h1-7H,(H2,13,14). The Hall–Kier alpha value is -2.10. The zero-order valence-electron chi connectivity index (χ0n) is 7.85. The van der Waals surface area contributed by atoms with Gasteiger partial charge in [-0.15, -0.1) is 0 Å². The Bertz CT molecular complexity index is 456. The number of nitrogens with zero attached hydrogens (tertiary/aromatic N) is 1. The van der Waals surface area contributed by atoms with Crippen LogP contribution in [0.15, 0.2) is 42.6 Å². The van der Waals surface area contributed by atoms with Crippen LogP contribution in [0.25, 0.3) is 0 Å². The van der Waals surface area contributed by atoms with E-state index < -0.39 is 0 Å². The van der Waals surface area contributed by atoms with Crippen molar-refractivity contribution in [3.05, 3.63) is 48.4 Å². The maximum absolute atomic E-state index is 12.6. The SMILES string of the molecule is Nc1cc(Oc2ccc(F)cc2)ccn1. The smallest absolute Gasteiger partial charge is 0.132 e. The van der Waals surface area contributed by atoms with Crippen LogP contribution in [0, 0.1) is 5.82 Å². The molecule has 1 heterocycles. The third-order valence-electron chi connectivity index (χ3n) is 1.80. The van der Waals surface area contributed by atoms with Crippen molar-refractivity contribution in [3.8, 4) is 11.5 Å². The lowest BCUT2D eigenvalue weighted by molar-refractivity contribution is 0.480. The molecule has 76 valence electrons. The van der Waals surface area contributed by atoms with Crippen molar-refractivity contribution < 1.29 is 9.13 Å². The zero-order chi connectivity index (χ0) is 10.7. The Kier molecular flexibility index (Phi) is 2.49. The van der Waals surface area contributed by atoms with Crippen LogP contribution in [0.2, 0.25) is 0 Å². The van der Waals surface area contributed by atoms with Crippen LogP contribution in [0.3, 0.4) is 0 Å². The second kappa shape index (κ2) is 3.96. The van der Waals surface area contributed by atoms with Gasteiger partial charge in [0.15, 0.2) is 0 Å². The summed E-state index contributed by atoms with van der Waals surface area (Å²) in [5, 5.41) is 0. The fourth-order valence-electron chi connectivity index (χ4n) is 1.13. The lowest BCUT2D eigenvalue weighted by atomic mass is 10.3. The molecule has 0 saturated heterocycles. The Balaban J connectivity index is 2.18. The van der Waals surface area contributed by atoms with Crippen molar-refractivity contribution in [1.82, 2.24) is 4.98 Å². The number of anilines is 1. The number of halogens is 1. The summed E-state index contributed by atoms with van der Waals surface area (Å²) in [7, 11) is 0. The molecular formula is C11H9FN2O. The normalized spacial score (nSPS) is 9.93. The van der Waals surface area contributed by atoms with Gasteiger partial charge in [-0.3, -0.25) is 0 Å². The van der Waals surface area contributed by atoms with Gasteiger partial charge in [0.1, 0.15) is 23.1 Å².